The lowest BCUT2D eigenvalue weighted by molar-refractivity contribution is -0.142. The van der Waals surface area contributed by atoms with Crippen molar-refractivity contribution < 1.29 is 53.2 Å². The number of amides is 4. The number of carbonyl (C=O) groups excluding carboxylic acids is 5. The lowest BCUT2D eigenvalue weighted by Crippen LogP contribution is -2.37. The van der Waals surface area contributed by atoms with E-state index in [1.165, 1.54) is 12.1 Å². The summed E-state index contributed by atoms with van der Waals surface area (Å²) in [6, 6.07) is 27.9. The number of carbonyl (C=O) groups is 6. The molecule has 384 valence electrons. The number of benzene rings is 4. The third kappa shape index (κ3) is 16.5. The molecule has 0 spiro atoms. The first-order valence-corrected chi connectivity index (χ1v) is 24.0. The van der Waals surface area contributed by atoms with Crippen molar-refractivity contribution in [1.82, 2.24) is 20.6 Å². The Morgan fingerprint density at radius 3 is 1.36 bits per heavy atom. The van der Waals surface area contributed by atoms with Gasteiger partial charge in [0.15, 0.2) is 0 Å². The van der Waals surface area contributed by atoms with Crippen molar-refractivity contribution in [1.29, 1.82) is 0 Å². The standard InChI is InChI=1S/C28H31N3O5.C23H25N3O4.C5H8O2/c1-27(2,3)36-26(34)30-17-23(18-6-9-22(10-7-18)35-25(33)28(4)12-13-28)24(32)31-21-8-5-20-16-29-14-11-19(20)15-21;1-23(2,3)30-22(29)25-14-20(15-5-8-19(27)9-6-15)21(28)26-18-7-4-17-13-24-11-10-16(17)12-18;1-5(2-3-5)4(6)7/h5-11,14-16,23H,12-13,17H2,1-4H3,(H,30,34)(H,31,32);4-13,20,27H,14H2,1-3H3,(H,25,29)(H,26,28);2-3H2,1H3,(H,6,7). The van der Waals surface area contributed by atoms with Crippen LogP contribution in [0.25, 0.3) is 21.5 Å². The van der Waals surface area contributed by atoms with Crippen LogP contribution in [0.2, 0.25) is 0 Å². The van der Waals surface area contributed by atoms with Crippen molar-refractivity contribution in [3.05, 3.63) is 133 Å². The average molecular weight is 997 g/mol. The van der Waals surface area contributed by atoms with Gasteiger partial charge < -0.3 is 45.7 Å². The Balaban J connectivity index is 0.000000212. The molecule has 0 aliphatic heterocycles. The number of fused-ring (bicyclic) bond motifs is 2. The number of aliphatic carboxylic acids is 1. The maximum Gasteiger partial charge on any atom is 0.407 e. The molecule has 17 heteroatoms. The number of hydrogen-bond acceptors (Lipinski definition) is 12. The molecule has 2 atom stereocenters. The van der Waals surface area contributed by atoms with Crippen LogP contribution in [0.1, 0.15) is 104 Å². The molecular weight excluding hydrogens is 933 g/mol. The summed E-state index contributed by atoms with van der Waals surface area (Å²) in [5.74, 6) is -2.35. The van der Waals surface area contributed by atoms with Gasteiger partial charge in [-0.15, -0.1) is 0 Å². The van der Waals surface area contributed by atoms with E-state index >= 15 is 0 Å². The predicted octanol–water partition coefficient (Wildman–Crippen LogP) is 10.2. The van der Waals surface area contributed by atoms with Crippen molar-refractivity contribution in [2.24, 2.45) is 10.8 Å². The van der Waals surface area contributed by atoms with Crippen molar-refractivity contribution in [3.8, 4) is 11.5 Å². The first-order valence-electron chi connectivity index (χ1n) is 24.0. The Bertz CT molecular complexity index is 2940. The summed E-state index contributed by atoms with van der Waals surface area (Å²) >= 11 is 0. The number of ether oxygens (including phenoxy) is 3. The minimum Gasteiger partial charge on any atom is -0.508 e. The van der Waals surface area contributed by atoms with Crippen LogP contribution in [0.3, 0.4) is 0 Å². The number of anilines is 2. The molecular formula is C56H64N6O11. The molecule has 2 unspecified atom stereocenters. The number of hydrogen-bond donors (Lipinski definition) is 6. The van der Waals surface area contributed by atoms with Gasteiger partial charge in [-0.05, 0) is 164 Å². The molecule has 2 fully saturated rings. The molecule has 2 saturated carbocycles. The number of phenolic OH excluding ortho intramolecular Hbond substituents is 1. The summed E-state index contributed by atoms with van der Waals surface area (Å²) in [7, 11) is 0. The molecule has 6 aromatic rings. The zero-order valence-corrected chi connectivity index (χ0v) is 42.4. The Hall–Kier alpha value is -8.08. The number of aromatic hydroxyl groups is 1. The summed E-state index contributed by atoms with van der Waals surface area (Å²) < 4.78 is 16.1. The number of carboxylic acids is 1. The van der Waals surface area contributed by atoms with Gasteiger partial charge >= 0.3 is 24.1 Å². The minimum absolute atomic E-state index is 0.0233. The Labute approximate surface area is 424 Å². The maximum atomic E-state index is 13.3. The molecule has 0 radical (unpaired) electrons. The number of phenols is 1. The monoisotopic (exact) mass is 996 g/mol. The van der Waals surface area contributed by atoms with E-state index in [1.807, 2.05) is 43.3 Å². The number of nitrogens with zero attached hydrogens (tertiary/aromatic N) is 2. The van der Waals surface area contributed by atoms with Crippen LogP contribution in [0, 0.1) is 10.8 Å². The molecule has 0 bridgehead atoms. The SMILES string of the molecule is CC(C)(C)OC(=O)NCC(C(=O)Nc1ccc2cnccc2c1)c1ccc(O)cc1.CC(C)(C)OC(=O)NCC(C(=O)Nc1ccc2cnccc2c1)c1ccc(OC(=O)C2(C)CC2)cc1.CC1(C(=O)O)CC1. The topological polar surface area (TPSA) is 244 Å². The summed E-state index contributed by atoms with van der Waals surface area (Å²) in [6.45, 7) is 14.4. The van der Waals surface area contributed by atoms with Crippen LogP contribution in [-0.4, -0.2) is 80.4 Å². The summed E-state index contributed by atoms with van der Waals surface area (Å²) in [4.78, 5) is 81.3. The highest BCUT2D eigenvalue weighted by Crippen LogP contribution is 2.46. The van der Waals surface area contributed by atoms with E-state index in [1.54, 1.807) is 122 Å². The van der Waals surface area contributed by atoms with Gasteiger partial charge in [-0.1, -0.05) is 36.4 Å². The third-order valence-corrected chi connectivity index (χ3v) is 11.9. The highest BCUT2D eigenvalue weighted by molar-refractivity contribution is 5.99. The van der Waals surface area contributed by atoms with Crippen molar-refractivity contribution in [2.75, 3.05) is 23.7 Å². The second-order valence-electron chi connectivity index (χ2n) is 20.7. The van der Waals surface area contributed by atoms with E-state index in [0.29, 0.717) is 28.3 Å². The Morgan fingerprint density at radius 2 is 0.986 bits per heavy atom. The van der Waals surface area contributed by atoms with Gasteiger partial charge in [-0.3, -0.25) is 29.1 Å². The van der Waals surface area contributed by atoms with Gasteiger partial charge in [0.2, 0.25) is 11.8 Å². The van der Waals surface area contributed by atoms with Gasteiger partial charge in [0.1, 0.15) is 22.7 Å². The van der Waals surface area contributed by atoms with Crippen LogP contribution >= 0.6 is 0 Å². The predicted molar refractivity (Wildman–Crippen MR) is 277 cm³/mol. The van der Waals surface area contributed by atoms with Gasteiger partial charge in [0.05, 0.1) is 22.7 Å². The van der Waals surface area contributed by atoms with Gasteiger partial charge in [-0.2, -0.15) is 0 Å². The molecule has 2 heterocycles. The van der Waals surface area contributed by atoms with Gasteiger partial charge in [-0.25, -0.2) is 9.59 Å². The number of esters is 1. The van der Waals surface area contributed by atoms with Crippen LogP contribution in [0.15, 0.2) is 122 Å². The van der Waals surface area contributed by atoms with Gasteiger partial charge in [0, 0.05) is 60.0 Å². The number of rotatable bonds is 13. The quantitative estimate of drug-likeness (QED) is 0.0466. The number of aromatic nitrogens is 2. The summed E-state index contributed by atoms with van der Waals surface area (Å²) in [5, 5.41) is 32.9. The second kappa shape index (κ2) is 23.0. The molecule has 4 aromatic carbocycles. The molecule has 17 nitrogen and oxygen atoms in total. The number of nitrogens with one attached hydrogen (secondary N) is 4. The summed E-state index contributed by atoms with van der Waals surface area (Å²) in [6.07, 6.45) is 9.07. The van der Waals surface area contributed by atoms with Crippen LogP contribution in [0.4, 0.5) is 21.0 Å². The highest BCUT2D eigenvalue weighted by Gasteiger charge is 2.47. The van der Waals surface area contributed by atoms with Crippen molar-refractivity contribution >= 4 is 68.9 Å². The molecule has 0 saturated heterocycles. The molecule has 6 N–H and O–H groups in total. The number of carboxylic acid groups (broad SMARTS) is 1. The van der Waals surface area contributed by atoms with E-state index in [4.69, 9.17) is 19.3 Å². The fourth-order valence-electron chi connectivity index (χ4n) is 7.00. The number of pyridine rings is 2. The fraction of sp³-hybridized carbons (Fsp3) is 0.357. The van der Waals surface area contributed by atoms with E-state index in [9.17, 15) is 33.9 Å². The third-order valence-electron chi connectivity index (χ3n) is 11.9. The van der Waals surface area contributed by atoms with Crippen LogP contribution < -0.4 is 26.0 Å². The number of alkyl carbamates (subject to hydrolysis) is 2. The van der Waals surface area contributed by atoms with E-state index < -0.39 is 46.6 Å². The van der Waals surface area contributed by atoms with Gasteiger partial charge in [0.25, 0.3) is 0 Å². The molecule has 4 amide bonds. The Kier molecular flexibility index (Phi) is 17.1. The lowest BCUT2D eigenvalue weighted by atomic mass is 9.97. The van der Waals surface area contributed by atoms with Crippen molar-refractivity contribution in [3.63, 3.8) is 0 Å². The molecule has 73 heavy (non-hydrogen) atoms. The highest BCUT2D eigenvalue weighted by atomic mass is 16.6. The largest absolute Gasteiger partial charge is 0.508 e. The maximum absolute atomic E-state index is 13.3. The zero-order valence-electron chi connectivity index (χ0n) is 42.4. The van der Waals surface area contributed by atoms with E-state index in [-0.39, 0.29) is 42.0 Å². The minimum atomic E-state index is -0.712. The second-order valence-corrected chi connectivity index (χ2v) is 20.7. The lowest BCUT2D eigenvalue weighted by Gasteiger charge is -2.22. The van der Waals surface area contributed by atoms with E-state index in [0.717, 1.165) is 47.2 Å². The smallest absolute Gasteiger partial charge is 0.407 e. The summed E-state index contributed by atoms with van der Waals surface area (Å²) in [5.41, 5.74) is 0.557. The zero-order chi connectivity index (χ0) is 53.1. The molecule has 2 aliphatic carbocycles. The normalized spacial score (nSPS) is 14.7. The van der Waals surface area contributed by atoms with E-state index in [2.05, 4.69) is 31.2 Å². The first-order chi connectivity index (χ1) is 34.4. The molecule has 2 aromatic heterocycles. The Morgan fingerprint density at radius 1 is 0.575 bits per heavy atom. The first kappa shape index (κ1) is 54.3. The van der Waals surface area contributed by atoms with Crippen LogP contribution in [-0.2, 0) is 28.7 Å². The molecule has 8 rings (SSSR count). The molecule has 2 aliphatic rings. The van der Waals surface area contributed by atoms with Crippen LogP contribution in [0.5, 0.6) is 11.5 Å². The fourth-order valence-corrected chi connectivity index (χ4v) is 7.00. The van der Waals surface area contributed by atoms with Crippen molar-refractivity contribution in [2.45, 2.75) is 104 Å². The average Bonchev–Trinajstić information content (AvgIpc) is 4.27.